The lowest BCUT2D eigenvalue weighted by atomic mass is 9.90. The van der Waals surface area contributed by atoms with Gasteiger partial charge in [-0.3, -0.25) is 14.4 Å². The Hall–Kier alpha value is -4.70. The van der Waals surface area contributed by atoms with Gasteiger partial charge in [0.2, 0.25) is 11.8 Å². The van der Waals surface area contributed by atoms with Crippen LogP contribution in [0.1, 0.15) is 50.3 Å². The summed E-state index contributed by atoms with van der Waals surface area (Å²) < 4.78 is 5.36. The first-order valence-electron chi connectivity index (χ1n) is 14.7. The van der Waals surface area contributed by atoms with Crippen LogP contribution in [0.5, 0.6) is 5.75 Å². The maximum Gasteiger partial charge on any atom is 0.326 e. The van der Waals surface area contributed by atoms with Crippen LogP contribution < -0.4 is 20.7 Å². The molecule has 0 saturated carbocycles. The molecule has 0 saturated heterocycles. The summed E-state index contributed by atoms with van der Waals surface area (Å²) in [5.74, 6) is -3.04. The molecule has 5 atom stereocenters. The number of aliphatic hydroxyl groups is 1. The lowest BCUT2D eigenvalue weighted by Gasteiger charge is -2.28. The van der Waals surface area contributed by atoms with Gasteiger partial charge in [-0.15, -0.1) is 0 Å². The van der Waals surface area contributed by atoms with Gasteiger partial charge in [-0.05, 0) is 49.4 Å². The summed E-state index contributed by atoms with van der Waals surface area (Å²) in [6.45, 7) is 3.32. The zero-order chi connectivity index (χ0) is 31.9. The summed E-state index contributed by atoms with van der Waals surface area (Å²) in [4.78, 5) is 50.4. The molecule has 0 fully saturated rings. The highest BCUT2D eigenvalue weighted by Gasteiger charge is 2.30. The van der Waals surface area contributed by atoms with E-state index >= 15 is 0 Å². The molecule has 0 aliphatic carbocycles. The Kier molecular flexibility index (Phi) is 13.4. The van der Waals surface area contributed by atoms with E-state index in [9.17, 15) is 29.4 Å². The first-order valence-corrected chi connectivity index (χ1v) is 14.7. The fourth-order valence-electron chi connectivity index (χ4n) is 4.78. The molecule has 0 aliphatic heterocycles. The van der Waals surface area contributed by atoms with Crippen LogP contribution in [0, 0.1) is 5.92 Å². The minimum absolute atomic E-state index is 0.0809. The van der Waals surface area contributed by atoms with E-state index in [4.69, 9.17) is 4.74 Å². The number of carbonyl (C=O) groups is 4. The van der Waals surface area contributed by atoms with Crippen LogP contribution in [0.2, 0.25) is 0 Å². The number of nitrogens with one attached hydrogen (secondary N) is 3. The SMILES string of the molecule is CC[C@H](C[C@H](O)[C@H](Cc1ccccc1)NC(=O)C[C@H](NC(=O)COc1ccccc1)C(=O)O)C(=O)NC(C)c1ccccc1. The summed E-state index contributed by atoms with van der Waals surface area (Å²) >= 11 is 0. The largest absolute Gasteiger partial charge is 0.484 e. The number of benzene rings is 3. The van der Waals surface area contributed by atoms with E-state index in [2.05, 4.69) is 16.0 Å². The molecule has 10 nitrogen and oxygen atoms in total. The molecule has 10 heteroatoms. The Balaban J connectivity index is 1.64. The van der Waals surface area contributed by atoms with Crippen molar-refractivity contribution in [3.8, 4) is 5.75 Å². The van der Waals surface area contributed by atoms with E-state index in [1.807, 2.05) is 74.5 Å². The van der Waals surface area contributed by atoms with Crippen molar-refractivity contribution < 1.29 is 34.1 Å². The van der Waals surface area contributed by atoms with Crippen LogP contribution in [0.15, 0.2) is 91.0 Å². The highest BCUT2D eigenvalue weighted by atomic mass is 16.5. The Labute approximate surface area is 257 Å². The second-order valence-corrected chi connectivity index (χ2v) is 10.7. The summed E-state index contributed by atoms with van der Waals surface area (Å²) in [6.07, 6.45) is -0.872. The number of hydrogen-bond acceptors (Lipinski definition) is 6. The Morgan fingerprint density at radius 1 is 0.795 bits per heavy atom. The normalized spacial score (nSPS) is 14.2. The average molecular weight is 604 g/mol. The molecule has 234 valence electrons. The smallest absolute Gasteiger partial charge is 0.326 e. The van der Waals surface area contributed by atoms with Crippen molar-refractivity contribution in [1.29, 1.82) is 0 Å². The maximum absolute atomic E-state index is 13.1. The van der Waals surface area contributed by atoms with Crippen LogP contribution in [-0.2, 0) is 25.6 Å². The lowest BCUT2D eigenvalue weighted by molar-refractivity contribution is -0.144. The fraction of sp³-hybridized carbons (Fsp3) is 0.353. The molecule has 3 aromatic rings. The minimum Gasteiger partial charge on any atom is -0.484 e. The van der Waals surface area contributed by atoms with Gasteiger partial charge in [0.1, 0.15) is 11.8 Å². The molecular weight excluding hydrogens is 562 g/mol. The number of carbonyl (C=O) groups excluding carboxylic acids is 3. The van der Waals surface area contributed by atoms with Crippen LogP contribution in [-0.4, -0.2) is 58.7 Å². The Morgan fingerprint density at radius 3 is 1.98 bits per heavy atom. The molecule has 0 bridgehead atoms. The highest BCUT2D eigenvalue weighted by molar-refractivity contribution is 5.89. The second kappa shape index (κ2) is 17.4. The number of ether oxygens (including phenoxy) is 1. The average Bonchev–Trinajstić information content (AvgIpc) is 3.03. The number of hydrogen-bond donors (Lipinski definition) is 5. The van der Waals surface area contributed by atoms with Gasteiger partial charge in [0.25, 0.3) is 5.91 Å². The van der Waals surface area contributed by atoms with Crippen molar-refractivity contribution in [2.75, 3.05) is 6.61 Å². The molecular formula is C34H41N3O7. The lowest BCUT2D eigenvalue weighted by Crippen LogP contribution is -2.50. The fourth-order valence-corrected chi connectivity index (χ4v) is 4.78. The van der Waals surface area contributed by atoms with Gasteiger partial charge in [-0.25, -0.2) is 4.79 Å². The summed E-state index contributed by atoms with van der Waals surface area (Å²) in [6, 6.07) is 24.8. The monoisotopic (exact) mass is 603 g/mol. The van der Waals surface area contributed by atoms with Crippen molar-refractivity contribution >= 4 is 23.7 Å². The number of aliphatic carboxylic acids is 1. The van der Waals surface area contributed by atoms with E-state index < -0.39 is 54.9 Å². The predicted molar refractivity (Wildman–Crippen MR) is 166 cm³/mol. The first kappa shape index (κ1) is 33.8. The van der Waals surface area contributed by atoms with Gasteiger partial charge in [0, 0.05) is 5.92 Å². The third-order valence-electron chi connectivity index (χ3n) is 7.29. The van der Waals surface area contributed by atoms with Crippen molar-refractivity contribution in [1.82, 2.24) is 16.0 Å². The number of amides is 3. The van der Waals surface area contributed by atoms with E-state index in [0.717, 1.165) is 11.1 Å². The molecule has 0 aliphatic rings. The number of carboxylic acids is 1. The molecule has 5 N–H and O–H groups in total. The topological polar surface area (TPSA) is 154 Å². The molecule has 44 heavy (non-hydrogen) atoms. The van der Waals surface area contributed by atoms with Crippen molar-refractivity contribution in [3.63, 3.8) is 0 Å². The van der Waals surface area contributed by atoms with Gasteiger partial charge >= 0.3 is 5.97 Å². The molecule has 0 radical (unpaired) electrons. The highest BCUT2D eigenvalue weighted by Crippen LogP contribution is 2.19. The molecule has 3 aromatic carbocycles. The number of para-hydroxylation sites is 1. The molecule has 3 amide bonds. The van der Waals surface area contributed by atoms with Crippen molar-refractivity contribution in [2.45, 2.75) is 63.8 Å². The Bertz CT molecular complexity index is 1340. The van der Waals surface area contributed by atoms with Gasteiger partial charge in [0.15, 0.2) is 6.61 Å². The van der Waals surface area contributed by atoms with Crippen LogP contribution in [0.3, 0.4) is 0 Å². The summed E-state index contributed by atoms with van der Waals surface area (Å²) in [5, 5.41) is 29.0. The zero-order valence-electron chi connectivity index (χ0n) is 25.0. The van der Waals surface area contributed by atoms with Gasteiger partial charge in [-0.1, -0.05) is 85.8 Å². The number of carboxylic acid groups (broad SMARTS) is 1. The van der Waals surface area contributed by atoms with E-state index in [1.54, 1.807) is 30.3 Å². The second-order valence-electron chi connectivity index (χ2n) is 10.7. The van der Waals surface area contributed by atoms with E-state index in [-0.39, 0.29) is 24.8 Å². The van der Waals surface area contributed by atoms with Gasteiger partial charge in [0.05, 0.1) is 24.6 Å². The van der Waals surface area contributed by atoms with E-state index in [0.29, 0.717) is 12.2 Å². The molecule has 1 unspecified atom stereocenters. The standard InChI is InChI=1S/C34H41N3O7/c1-3-25(33(41)35-23(2)26-15-9-5-10-16-26)20-30(38)28(19-24-13-7-4-8-14-24)36-31(39)21-29(34(42)43)37-32(40)22-44-27-17-11-6-12-18-27/h4-18,23,25,28-30,38H,3,19-22H2,1-2H3,(H,35,41)(H,36,39)(H,37,40)(H,42,43)/t23?,25-,28+,29+,30+/m1/s1. The van der Waals surface area contributed by atoms with Crippen LogP contribution in [0.4, 0.5) is 0 Å². The molecule has 0 spiro atoms. The summed E-state index contributed by atoms with van der Waals surface area (Å²) in [7, 11) is 0. The minimum atomic E-state index is -1.51. The number of aliphatic hydroxyl groups excluding tert-OH is 1. The third kappa shape index (κ3) is 11.2. The summed E-state index contributed by atoms with van der Waals surface area (Å²) in [5.41, 5.74) is 1.80. The van der Waals surface area contributed by atoms with Crippen LogP contribution >= 0.6 is 0 Å². The van der Waals surface area contributed by atoms with Crippen LogP contribution in [0.25, 0.3) is 0 Å². The first-order chi connectivity index (χ1) is 21.2. The quantitative estimate of drug-likeness (QED) is 0.158. The van der Waals surface area contributed by atoms with E-state index in [1.165, 1.54) is 0 Å². The van der Waals surface area contributed by atoms with Crippen molar-refractivity contribution in [2.24, 2.45) is 5.92 Å². The van der Waals surface area contributed by atoms with Gasteiger partial charge < -0.3 is 30.9 Å². The number of rotatable bonds is 17. The molecule has 3 rings (SSSR count). The maximum atomic E-state index is 13.1. The molecule has 0 heterocycles. The third-order valence-corrected chi connectivity index (χ3v) is 7.29. The molecule has 0 aromatic heterocycles. The van der Waals surface area contributed by atoms with Crippen molar-refractivity contribution in [3.05, 3.63) is 102 Å². The Morgan fingerprint density at radius 2 is 1.39 bits per heavy atom. The van der Waals surface area contributed by atoms with Gasteiger partial charge in [-0.2, -0.15) is 0 Å². The predicted octanol–water partition coefficient (Wildman–Crippen LogP) is 3.41. The zero-order valence-corrected chi connectivity index (χ0v) is 25.0.